The van der Waals surface area contributed by atoms with Crippen LogP contribution in [0.4, 0.5) is 5.95 Å². The largest absolute Gasteiger partial charge is 0.366 e. The number of aromatic nitrogens is 3. The van der Waals surface area contributed by atoms with Crippen LogP contribution in [-0.2, 0) is 4.79 Å². The average molecular weight is 400 g/mol. The summed E-state index contributed by atoms with van der Waals surface area (Å²) < 4.78 is 1.67. The van der Waals surface area contributed by atoms with Crippen molar-refractivity contribution in [3.63, 3.8) is 0 Å². The van der Waals surface area contributed by atoms with Crippen LogP contribution in [0.1, 0.15) is 18.5 Å². The zero-order valence-electron chi connectivity index (χ0n) is 14.3. The smallest absolute Gasteiger partial charge is 0.248 e. The zero-order chi connectivity index (χ0) is 19.1. The van der Waals surface area contributed by atoms with E-state index in [0.717, 1.165) is 11.1 Å². The lowest BCUT2D eigenvalue weighted by molar-refractivity contribution is -0.115. The molecule has 8 heteroatoms. The van der Waals surface area contributed by atoms with Gasteiger partial charge in [0.1, 0.15) is 6.04 Å². The molecule has 27 heavy (non-hydrogen) atoms. The highest BCUT2D eigenvalue weighted by atomic mass is 35.5. The summed E-state index contributed by atoms with van der Waals surface area (Å²) in [5, 5.41) is 8.61. The fourth-order valence-corrected chi connectivity index (χ4v) is 3.47. The predicted octanol–water partition coefficient (Wildman–Crippen LogP) is 4.03. The van der Waals surface area contributed by atoms with Crippen LogP contribution in [0.5, 0.6) is 0 Å². The minimum atomic E-state index is -0.508. The van der Waals surface area contributed by atoms with Crippen LogP contribution in [0.15, 0.2) is 59.8 Å². The van der Waals surface area contributed by atoms with Crippen molar-refractivity contribution in [2.45, 2.75) is 13.0 Å². The van der Waals surface area contributed by atoms with Crippen molar-refractivity contribution in [1.29, 1.82) is 0 Å². The van der Waals surface area contributed by atoms with E-state index in [0.29, 0.717) is 33.1 Å². The number of hydrogen-bond donors (Lipinski definition) is 2. The van der Waals surface area contributed by atoms with Gasteiger partial charge in [-0.15, -0.1) is 5.10 Å². The monoisotopic (exact) mass is 399 g/mol. The molecule has 3 aromatic rings. The number of halogens is 2. The summed E-state index contributed by atoms with van der Waals surface area (Å²) >= 11 is 12.1. The van der Waals surface area contributed by atoms with Crippen LogP contribution >= 0.6 is 23.2 Å². The van der Waals surface area contributed by atoms with Crippen molar-refractivity contribution in [2.75, 3.05) is 5.32 Å². The molecule has 0 saturated heterocycles. The predicted molar refractivity (Wildman–Crippen MR) is 106 cm³/mol. The minimum Gasteiger partial charge on any atom is -0.366 e. The quantitative estimate of drug-likeness (QED) is 0.695. The third kappa shape index (κ3) is 3.07. The minimum absolute atomic E-state index is 0.418. The Bertz CT molecular complexity index is 1070. The SMILES string of the molecule is CC1=C(C(N)=O)C(c2ccccc2)n2nc(-c3ccc(Cl)c(Cl)c3)nc2N1. The first-order chi connectivity index (χ1) is 13.0. The van der Waals surface area contributed by atoms with Crippen molar-refractivity contribution in [2.24, 2.45) is 5.73 Å². The van der Waals surface area contributed by atoms with E-state index in [4.69, 9.17) is 28.9 Å². The Hall–Kier alpha value is -2.83. The summed E-state index contributed by atoms with van der Waals surface area (Å²) in [5.41, 5.74) is 8.37. The summed E-state index contributed by atoms with van der Waals surface area (Å²) in [7, 11) is 0. The number of nitrogens with one attached hydrogen (secondary N) is 1. The summed E-state index contributed by atoms with van der Waals surface area (Å²) in [6.45, 7) is 1.80. The second-order valence-corrected chi connectivity index (χ2v) is 6.99. The van der Waals surface area contributed by atoms with E-state index in [1.807, 2.05) is 30.3 Å². The molecule has 1 unspecified atom stereocenters. The van der Waals surface area contributed by atoms with E-state index in [2.05, 4.69) is 15.4 Å². The van der Waals surface area contributed by atoms with Gasteiger partial charge in [0, 0.05) is 11.3 Å². The highest BCUT2D eigenvalue weighted by Crippen LogP contribution is 2.36. The molecular weight excluding hydrogens is 385 g/mol. The highest BCUT2D eigenvalue weighted by molar-refractivity contribution is 6.42. The molecule has 2 aromatic carbocycles. The van der Waals surface area contributed by atoms with Gasteiger partial charge in [0.25, 0.3) is 0 Å². The lowest BCUT2D eigenvalue weighted by Gasteiger charge is -2.27. The van der Waals surface area contributed by atoms with Gasteiger partial charge in [-0.3, -0.25) is 4.79 Å². The molecule has 136 valence electrons. The lowest BCUT2D eigenvalue weighted by Crippen LogP contribution is -2.31. The highest BCUT2D eigenvalue weighted by Gasteiger charge is 2.33. The summed E-state index contributed by atoms with van der Waals surface area (Å²) in [4.78, 5) is 16.7. The number of benzene rings is 2. The van der Waals surface area contributed by atoms with Crippen molar-refractivity contribution >= 4 is 35.1 Å². The number of amides is 1. The van der Waals surface area contributed by atoms with Gasteiger partial charge in [-0.1, -0.05) is 53.5 Å². The number of allylic oxidation sites excluding steroid dienone is 1. The third-order valence-corrected chi connectivity index (χ3v) is 5.15. The van der Waals surface area contributed by atoms with Crippen molar-refractivity contribution < 1.29 is 4.79 Å². The van der Waals surface area contributed by atoms with E-state index in [-0.39, 0.29) is 0 Å². The second kappa shape index (κ2) is 6.72. The average Bonchev–Trinajstić information content (AvgIpc) is 3.06. The first kappa shape index (κ1) is 17.6. The molecule has 1 aromatic heterocycles. The Labute approximate surface area is 165 Å². The molecule has 3 N–H and O–H groups in total. The molecule has 2 heterocycles. The maximum Gasteiger partial charge on any atom is 0.248 e. The van der Waals surface area contributed by atoms with Crippen molar-refractivity contribution in [3.8, 4) is 11.4 Å². The van der Waals surface area contributed by atoms with Gasteiger partial charge in [-0.05, 0) is 30.7 Å². The van der Waals surface area contributed by atoms with Crippen LogP contribution in [-0.4, -0.2) is 20.7 Å². The van der Waals surface area contributed by atoms with Gasteiger partial charge in [0.15, 0.2) is 5.82 Å². The standard InChI is InChI=1S/C19H15Cl2N5O/c1-10-15(17(22)27)16(11-5-3-2-4-6-11)26-19(23-10)24-18(25-26)12-7-8-13(20)14(21)9-12/h2-9,16H,1H3,(H2,22,27)(H,23,24,25). The molecule has 1 aliphatic rings. The molecule has 0 saturated carbocycles. The number of nitrogens with zero attached hydrogens (tertiary/aromatic N) is 3. The Morgan fingerprint density at radius 1 is 1.15 bits per heavy atom. The number of nitrogens with two attached hydrogens (primary N) is 1. The van der Waals surface area contributed by atoms with Crippen LogP contribution in [0, 0.1) is 0 Å². The Balaban J connectivity index is 1.87. The van der Waals surface area contributed by atoms with Crippen molar-refractivity contribution in [3.05, 3.63) is 75.4 Å². The van der Waals surface area contributed by atoms with Gasteiger partial charge in [-0.25, -0.2) is 4.68 Å². The fraction of sp³-hybridized carbons (Fsp3) is 0.105. The third-order valence-electron chi connectivity index (χ3n) is 4.41. The summed E-state index contributed by atoms with van der Waals surface area (Å²) in [6, 6.07) is 14.3. The normalized spacial score (nSPS) is 16.0. The molecule has 0 spiro atoms. The van der Waals surface area contributed by atoms with Crippen molar-refractivity contribution in [1.82, 2.24) is 14.8 Å². The Morgan fingerprint density at radius 2 is 1.89 bits per heavy atom. The molecule has 6 nitrogen and oxygen atoms in total. The van der Waals surface area contributed by atoms with Gasteiger partial charge >= 0.3 is 0 Å². The van der Waals surface area contributed by atoms with Crippen LogP contribution < -0.4 is 11.1 Å². The summed E-state index contributed by atoms with van der Waals surface area (Å²) in [6.07, 6.45) is 0. The number of carbonyl (C=O) groups excluding carboxylic acids is 1. The van der Waals surface area contributed by atoms with Gasteiger partial charge in [0.2, 0.25) is 11.9 Å². The number of carbonyl (C=O) groups is 1. The molecule has 1 aliphatic heterocycles. The molecule has 0 bridgehead atoms. The first-order valence-corrected chi connectivity index (χ1v) is 8.96. The maximum absolute atomic E-state index is 12.1. The van der Waals surface area contributed by atoms with Crippen LogP contribution in [0.3, 0.4) is 0 Å². The number of rotatable bonds is 3. The topological polar surface area (TPSA) is 85.8 Å². The number of fused-ring (bicyclic) bond motifs is 1. The molecule has 0 radical (unpaired) electrons. The number of anilines is 1. The maximum atomic E-state index is 12.1. The van der Waals surface area contributed by atoms with Gasteiger partial charge < -0.3 is 11.1 Å². The molecular formula is C19H15Cl2N5O. The van der Waals surface area contributed by atoms with Crippen LogP contribution in [0.2, 0.25) is 10.0 Å². The van der Waals surface area contributed by atoms with E-state index >= 15 is 0 Å². The second-order valence-electron chi connectivity index (χ2n) is 6.17. The number of primary amides is 1. The fourth-order valence-electron chi connectivity index (χ4n) is 3.17. The molecule has 1 atom stereocenters. The Morgan fingerprint density at radius 3 is 2.56 bits per heavy atom. The van der Waals surface area contributed by atoms with E-state index < -0.39 is 11.9 Å². The summed E-state index contributed by atoms with van der Waals surface area (Å²) in [5.74, 6) is 0.481. The first-order valence-electron chi connectivity index (χ1n) is 8.20. The van der Waals surface area contributed by atoms with E-state index in [9.17, 15) is 4.79 Å². The van der Waals surface area contributed by atoms with Gasteiger partial charge in [-0.2, -0.15) is 4.98 Å². The lowest BCUT2D eigenvalue weighted by atomic mass is 9.95. The van der Waals surface area contributed by atoms with E-state index in [1.54, 1.807) is 29.8 Å². The molecule has 0 fully saturated rings. The van der Waals surface area contributed by atoms with Crippen LogP contribution in [0.25, 0.3) is 11.4 Å². The van der Waals surface area contributed by atoms with Gasteiger partial charge in [0.05, 0.1) is 15.6 Å². The van der Waals surface area contributed by atoms with E-state index in [1.165, 1.54) is 0 Å². The molecule has 0 aliphatic carbocycles. The zero-order valence-corrected chi connectivity index (χ0v) is 15.8. The Kier molecular flexibility index (Phi) is 4.37. The number of hydrogen-bond acceptors (Lipinski definition) is 4. The molecule has 4 rings (SSSR count). The molecule has 1 amide bonds.